The first-order valence-electron chi connectivity index (χ1n) is 4.58. The Kier molecular flexibility index (Phi) is 4.62. The molecule has 1 rings (SSSR count). The van der Waals surface area contributed by atoms with Gasteiger partial charge in [-0.05, 0) is 19.8 Å². The van der Waals surface area contributed by atoms with E-state index in [-0.39, 0.29) is 6.10 Å². The molecular weight excluding hydrogens is 202 g/mol. The lowest BCUT2D eigenvalue weighted by Gasteiger charge is -2.05. The minimum atomic E-state index is -0.247. The number of aliphatic hydroxyl groups excluding tert-OH is 1. The topological polar surface area (TPSA) is 58.0 Å². The summed E-state index contributed by atoms with van der Waals surface area (Å²) in [6, 6.07) is 0. The summed E-state index contributed by atoms with van der Waals surface area (Å²) in [4.78, 5) is 7.96. The Bertz CT molecular complexity index is 263. The van der Waals surface area contributed by atoms with Crippen LogP contribution in [0.15, 0.2) is 12.4 Å². The molecule has 1 atom stereocenters. The van der Waals surface area contributed by atoms with Crippen LogP contribution in [0.2, 0.25) is 5.02 Å². The Labute approximate surface area is 88.3 Å². The van der Waals surface area contributed by atoms with Gasteiger partial charge in [0.15, 0.2) is 0 Å². The average Bonchev–Trinajstić information content (AvgIpc) is 2.15. The summed E-state index contributed by atoms with van der Waals surface area (Å²) in [7, 11) is 0. The van der Waals surface area contributed by atoms with Gasteiger partial charge in [-0.1, -0.05) is 11.6 Å². The molecule has 14 heavy (non-hydrogen) atoms. The molecule has 1 aromatic heterocycles. The molecule has 0 radical (unpaired) electrons. The largest absolute Gasteiger partial charge is 0.393 e. The number of hydrogen-bond donors (Lipinski definition) is 2. The van der Waals surface area contributed by atoms with Crippen LogP contribution >= 0.6 is 11.6 Å². The Balaban J connectivity index is 2.21. The van der Waals surface area contributed by atoms with E-state index in [4.69, 9.17) is 16.7 Å². The van der Waals surface area contributed by atoms with Crippen LogP contribution in [0.1, 0.15) is 19.8 Å². The van der Waals surface area contributed by atoms with E-state index >= 15 is 0 Å². The lowest BCUT2D eigenvalue weighted by atomic mass is 10.2. The highest BCUT2D eigenvalue weighted by Gasteiger charge is 1.97. The zero-order valence-corrected chi connectivity index (χ0v) is 8.83. The number of hydrogen-bond acceptors (Lipinski definition) is 4. The number of aliphatic hydroxyl groups is 1. The van der Waals surface area contributed by atoms with Gasteiger partial charge in [-0.25, -0.2) is 9.97 Å². The Morgan fingerprint density at radius 1 is 1.50 bits per heavy atom. The highest BCUT2D eigenvalue weighted by molar-refractivity contribution is 6.30. The summed E-state index contributed by atoms with van der Waals surface area (Å²) in [6.07, 6.45) is 4.52. The highest BCUT2D eigenvalue weighted by atomic mass is 35.5. The van der Waals surface area contributed by atoms with E-state index in [1.807, 2.05) is 0 Å². The molecule has 4 nitrogen and oxygen atoms in total. The van der Waals surface area contributed by atoms with Gasteiger partial charge in [0.2, 0.25) is 5.95 Å². The van der Waals surface area contributed by atoms with Crippen molar-refractivity contribution in [3.05, 3.63) is 17.4 Å². The summed E-state index contributed by atoms with van der Waals surface area (Å²) in [5, 5.41) is 12.6. The van der Waals surface area contributed by atoms with Crippen molar-refractivity contribution in [1.82, 2.24) is 9.97 Å². The van der Waals surface area contributed by atoms with Gasteiger partial charge >= 0.3 is 0 Å². The molecule has 1 heterocycles. The molecule has 0 aromatic carbocycles. The van der Waals surface area contributed by atoms with Crippen molar-refractivity contribution in [3.63, 3.8) is 0 Å². The first-order chi connectivity index (χ1) is 6.68. The summed E-state index contributed by atoms with van der Waals surface area (Å²) in [5.74, 6) is 0.569. The number of nitrogens with zero attached hydrogens (tertiary/aromatic N) is 2. The molecule has 0 fully saturated rings. The molecule has 1 unspecified atom stereocenters. The van der Waals surface area contributed by atoms with Gasteiger partial charge in [0.05, 0.1) is 23.5 Å². The van der Waals surface area contributed by atoms with Crippen molar-refractivity contribution in [2.24, 2.45) is 0 Å². The molecule has 0 aliphatic heterocycles. The fourth-order valence-electron chi connectivity index (χ4n) is 1.00. The zero-order chi connectivity index (χ0) is 10.4. The predicted molar refractivity (Wildman–Crippen MR) is 56.4 cm³/mol. The van der Waals surface area contributed by atoms with Crippen molar-refractivity contribution in [2.45, 2.75) is 25.9 Å². The monoisotopic (exact) mass is 215 g/mol. The smallest absolute Gasteiger partial charge is 0.222 e. The van der Waals surface area contributed by atoms with Gasteiger partial charge in [0, 0.05) is 6.54 Å². The van der Waals surface area contributed by atoms with Gasteiger partial charge in [-0.3, -0.25) is 0 Å². The number of rotatable bonds is 5. The van der Waals surface area contributed by atoms with Crippen molar-refractivity contribution in [1.29, 1.82) is 0 Å². The Morgan fingerprint density at radius 2 is 2.14 bits per heavy atom. The number of aromatic nitrogens is 2. The maximum Gasteiger partial charge on any atom is 0.222 e. The van der Waals surface area contributed by atoms with Crippen LogP contribution in [0, 0.1) is 0 Å². The van der Waals surface area contributed by atoms with Crippen molar-refractivity contribution in [2.75, 3.05) is 11.9 Å². The van der Waals surface area contributed by atoms with Crippen molar-refractivity contribution in [3.8, 4) is 0 Å². The second kappa shape index (κ2) is 5.78. The van der Waals surface area contributed by atoms with Gasteiger partial charge < -0.3 is 10.4 Å². The van der Waals surface area contributed by atoms with Crippen LogP contribution < -0.4 is 5.32 Å². The van der Waals surface area contributed by atoms with E-state index in [0.29, 0.717) is 11.0 Å². The summed E-state index contributed by atoms with van der Waals surface area (Å²) >= 11 is 5.63. The summed E-state index contributed by atoms with van der Waals surface area (Å²) in [6.45, 7) is 2.53. The maximum atomic E-state index is 9.01. The summed E-state index contributed by atoms with van der Waals surface area (Å²) < 4.78 is 0. The molecular formula is C9H14ClN3O. The molecule has 0 aliphatic rings. The second-order valence-electron chi connectivity index (χ2n) is 3.14. The molecule has 78 valence electrons. The SMILES string of the molecule is CC(O)CCCNc1ncc(Cl)cn1. The average molecular weight is 216 g/mol. The number of anilines is 1. The van der Waals surface area contributed by atoms with E-state index in [9.17, 15) is 0 Å². The first-order valence-corrected chi connectivity index (χ1v) is 4.96. The predicted octanol–water partition coefficient (Wildman–Crippen LogP) is 1.70. The third-order valence-electron chi connectivity index (χ3n) is 1.70. The van der Waals surface area contributed by atoms with Crippen LogP contribution in [0.5, 0.6) is 0 Å². The summed E-state index contributed by atoms with van der Waals surface area (Å²) in [5.41, 5.74) is 0. The van der Waals surface area contributed by atoms with Crippen LogP contribution in [0.4, 0.5) is 5.95 Å². The fraction of sp³-hybridized carbons (Fsp3) is 0.556. The standard InChI is InChI=1S/C9H14ClN3O/c1-7(14)3-2-4-11-9-12-5-8(10)6-13-9/h5-7,14H,2-4H2,1H3,(H,11,12,13). The van der Waals surface area contributed by atoms with Gasteiger partial charge in [0.25, 0.3) is 0 Å². The molecule has 5 heteroatoms. The molecule has 2 N–H and O–H groups in total. The van der Waals surface area contributed by atoms with Gasteiger partial charge in [0.1, 0.15) is 0 Å². The van der Waals surface area contributed by atoms with E-state index in [1.54, 1.807) is 19.3 Å². The van der Waals surface area contributed by atoms with Crippen LogP contribution in [0.25, 0.3) is 0 Å². The van der Waals surface area contributed by atoms with Crippen molar-refractivity contribution >= 4 is 17.5 Å². The lowest BCUT2D eigenvalue weighted by Crippen LogP contribution is -2.08. The molecule has 0 saturated heterocycles. The molecule has 0 amide bonds. The molecule has 0 spiro atoms. The number of halogens is 1. The normalized spacial score (nSPS) is 12.5. The van der Waals surface area contributed by atoms with Gasteiger partial charge in [-0.15, -0.1) is 0 Å². The quantitative estimate of drug-likeness (QED) is 0.735. The molecule has 0 saturated carbocycles. The molecule has 0 aliphatic carbocycles. The minimum Gasteiger partial charge on any atom is -0.393 e. The minimum absolute atomic E-state index is 0.247. The van der Waals surface area contributed by atoms with Crippen LogP contribution in [0.3, 0.4) is 0 Å². The van der Waals surface area contributed by atoms with E-state index < -0.39 is 0 Å². The second-order valence-corrected chi connectivity index (χ2v) is 3.58. The van der Waals surface area contributed by atoms with Crippen LogP contribution in [-0.4, -0.2) is 27.7 Å². The first kappa shape index (κ1) is 11.2. The fourth-order valence-corrected chi connectivity index (χ4v) is 1.10. The Morgan fingerprint density at radius 3 is 2.71 bits per heavy atom. The lowest BCUT2D eigenvalue weighted by molar-refractivity contribution is 0.183. The van der Waals surface area contributed by atoms with E-state index in [2.05, 4.69) is 15.3 Å². The van der Waals surface area contributed by atoms with Crippen molar-refractivity contribution < 1.29 is 5.11 Å². The van der Waals surface area contributed by atoms with E-state index in [1.165, 1.54) is 0 Å². The Hall–Kier alpha value is -0.870. The zero-order valence-electron chi connectivity index (χ0n) is 8.07. The number of nitrogens with one attached hydrogen (secondary N) is 1. The maximum absolute atomic E-state index is 9.01. The third-order valence-corrected chi connectivity index (χ3v) is 1.90. The molecule has 0 bridgehead atoms. The third kappa shape index (κ3) is 4.39. The van der Waals surface area contributed by atoms with E-state index in [0.717, 1.165) is 19.4 Å². The van der Waals surface area contributed by atoms with Crippen LogP contribution in [-0.2, 0) is 0 Å². The highest BCUT2D eigenvalue weighted by Crippen LogP contribution is 2.05. The molecule has 1 aromatic rings. The van der Waals surface area contributed by atoms with Gasteiger partial charge in [-0.2, -0.15) is 0 Å².